The second-order valence-corrected chi connectivity index (χ2v) is 4.88. The number of nitrogens with zero attached hydrogens (tertiary/aromatic N) is 1. The molecule has 0 aliphatic rings. The van der Waals surface area contributed by atoms with Gasteiger partial charge in [-0.1, -0.05) is 26.3 Å². The van der Waals surface area contributed by atoms with Crippen LogP contribution in [0.1, 0.15) is 43.1 Å². The number of hydrogen-bond donors (Lipinski definition) is 1. The maximum atomic E-state index is 11.3. The lowest BCUT2D eigenvalue weighted by Crippen LogP contribution is -2.29. The van der Waals surface area contributed by atoms with E-state index in [-0.39, 0.29) is 0 Å². The Balaban J connectivity index is 3.10. The summed E-state index contributed by atoms with van der Waals surface area (Å²) in [4.78, 5) is 13.4. The molecule has 0 aromatic heterocycles. The molecule has 3 nitrogen and oxygen atoms in total. The minimum absolute atomic E-state index is 0.394. The van der Waals surface area contributed by atoms with Crippen LogP contribution in [0.2, 0.25) is 0 Å². The number of anilines is 1. The summed E-state index contributed by atoms with van der Waals surface area (Å²) >= 11 is 0. The topological polar surface area (TPSA) is 40.5 Å². The molecule has 0 aliphatic heterocycles. The maximum absolute atomic E-state index is 11.3. The van der Waals surface area contributed by atoms with Crippen LogP contribution in [0.15, 0.2) is 18.2 Å². The van der Waals surface area contributed by atoms with Crippen molar-refractivity contribution in [1.82, 2.24) is 0 Å². The van der Waals surface area contributed by atoms with Gasteiger partial charge in [-0.25, -0.2) is 4.79 Å². The van der Waals surface area contributed by atoms with E-state index in [0.717, 1.165) is 30.8 Å². The number of benzene rings is 1. The molecule has 0 bridgehead atoms. The van der Waals surface area contributed by atoms with Gasteiger partial charge in [-0.15, -0.1) is 0 Å². The zero-order valence-electron chi connectivity index (χ0n) is 11.7. The summed E-state index contributed by atoms with van der Waals surface area (Å²) in [6.07, 6.45) is 1.10. The quantitative estimate of drug-likeness (QED) is 0.838. The normalized spacial score (nSPS) is 12.2. The van der Waals surface area contributed by atoms with Gasteiger partial charge in [0.05, 0.1) is 11.3 Å². The number of carbonyl (C=O) groups is 1. The Hall–Kier alpha value is -1.51. The lowest BCUT2D eigenvalue weighted by molar-refractivity contribution is 0.0697. The van der Waals surface area contributed by atoms with Crippen molar-refractivity contribution in [3.05, 3.63) is 29.3 Å². The van der Waals surface area contributed by atoms with E-state index in [1.807, 2.05) is 19.1 Å². The number of aromatic carboxylic acids is 1. The molecular weight excluding hydrogens is 226 g/mol. The van der Waals surface area contributed by atoms with E-state index in [4.69, 9.17) is 0 Å². The highest BCUT2D eigenvalue weighted by Crippen LogP contribution is 2.23. The standard InChI is InChI=1S/C15H23NO2/c1-5-11(3)10-16(6-2)14-9-12(4)7-8-13(14)15(17)18/h7-9,11H,5-6,10H2,1-4H3,(H,17,18). The van der Waals surface area contributed by atoms with Crippen molar-refractivity contribution in [1.29, 1.82) is 0 Å². The predicted octanol–water partition coefficient (Wildman–Crippen LogP) is 3.57. The molecule has 1 aromatic carbocycles. The van der Waals surface area contributed by atoms with E-state index in [2.05, 4.69) is 25.7 Å². The zero-order valence-corrected chi connectivity index (χ0v) is 11.7. The summed E-state index contributed by atoms with van der Waals surface area (Å²) in [6.45, 7) is 10.1. The SMILES string of the molecule is CCC(C)CN(CC)c1cc(C)ccc1C(=O)O. The van der Waals surface area contributed by atoms with Crippen molar-refractivity contribution in [2.45, 2.75) is 34.1 Å². The highest BCUT2D eigenvalue weighted by Gasteiger charge is 2.16. The summed E-state index contributed by atoms with van der Waals surface area (Å²) in [6, 6.07) is 5.52. The molecule has 0 radical (unpaired) electrons. The summed E-state index contributed by atoms with van der Waals surface area (Å²) in [5.74, 6) is -0.292. The van der Waals surface area contributed by atoms with Crippen molar-refractivity contribution >= 4 is 11.7 Å². The molecule has 1 atom stereocenters. The molecule has 18 heavy (non-hydrogen) atoms. The van der Waals surface area contributed by atoms with Crippen LogP contribution in [0.3, 0.4) is 0 Å². The molecule has 3 heteroatoms. The molecule has 0 saturated carbocycles. The van der Waals surface area contributed by atoms with E-state index >= 15 is 0 Å². The van der Waals surface area contributed by atoms with Crippen LogP contribution < -0.4 is 4.90 Å². The second-order valence-electron chi connectivity index (χ2n) is 4.88. The predicted molar refractivity (Wildman–Crippen MR) is 75.5 cm³/mol. The Morgan fingerprint density at radius 2 is 2.06 bits per heavy atom. The van der Waals surface area contributed by atoms with E-state index in [1.165, 1.54) is 0 Å². The van der Waals surface area contributed by atoms with Gasteiger partial charge in [-0.2, -0.15) is 0 Å². The summed E-state index contributed by atoms with van der Waals surface area (Å²) < 4.78 is 0. The third kappa shape index (κ3) is 3.49. The highest BCUT2D eigenvalue weighted by molar-refractivity contribution is 5.94. The first-order chi connectivity index (χ1) is 8.49. The Morgan fingerprint density at radius 3 is 2.56 bits per heavy atom. The third-order valence-electron chi connectivity index (χ3n) is 3.34. The fourth-order valence-electron chi connectivity index (χ4n) is 1.99. The summed E-state index contributed by atoms with van der Waals surface area (Å²) in [7, 11) is 0. The molecule has 0 aliphatic carbocycles. The van der Waals surface area contributed by atoms with Gasteiger partial charge in [-0.3, -0.25) is 0 Å². The molecule has 0 fully saturated rings. The number of carboxylic acids is 1. The molecule has 0 amide bonds. The number of aryl methyl sites for hydroxylation is 1. The van der Waals surface area contributed by atoms with Gasteiger partial charge in [0, 0.05) is 13.1 Å². The van der Waals surface area contributed by atoms with Gasteiger partial charge in [0.2, 0.25) is 0 Å². The molecule has 0 saturated heterocycles. The molecule has 0 heterocycles. The first kappa shape index (κ1) is 14.6. The second kappa shape index (κ2) is 6.43. The van der Waals surface area contributed by atoms with Crippen LogP contribution in [-0.2, 0) is 0 Å². The van der Waals surface area contributed by atoms with Crippen molar-refractivity contribution in [3.63, 3.8) is 0 Å². The molecule has 100 valence electrons. The average Bonchev–Trinajstić information content (AvgIpc) is 2.35. The van der Waals surface area contributed by atoms with Crippen molar-refractivity contribution in [3.8, 4) is 0 Å². The number of rotatable bonds is 6. The fraction of sp³-hybridized carbons (Fsp3) is 0.533. The maximum Gasteiger partial charge on any atom is 0.337 e. The molecule has 0 spiro atoms. The van der Waals surface area contributed by atoms with Crippen molar-refractivity contribution < 1.29 is 9.90 Å². The van der Waals surface area contributed by atoms with E-state index in [1.54, 1.807) is 6.07 Å². The number of carboxylic acid groups (broad SMARTS) is 1. The fourth-order valence-corrected chi connectivity index (χ4v) is 1.99. The highest BCUT2D eigenvalue weighted by atomic mass is 16.4. The summed E-state index contributed by atoms with van der Waals surface area (Å²) in [5.41, 5.74) is 2.33. The first-order valence-electron chi connectivity index (χ1n) is 6.58. The van der Waals surface area contributed by atoms with Crippen LogP contribution in [-0.4, -0.2) is 24.2 Å². The molecule has 1 aromatic rings. The van der Waals surface area contributed by atoms with E-state index in [9.17, 15) is 9.90 Å². The molecule has 1 rings (SSSR count). The van der Waals surface area contributed by atoms with E-state index in [0.29, 0.717) is 11.5 Å². The lowest BCUT2D eigenvalue weighted by Gasteiger charge is -2.27. The monoisotopic (exact) mass is 249 g/mol. The van der Waals surface area contributed by atoms with Crippen LogP contribution in [0.5, 0.6) is 0 Å². The van der Waals surface area contributed by atoms with Gasteiger partial charge in [0.25, 0.3) is 0 Å². The van der Waals surface area contributed by atoms with Crippen LogP contribution >= 0.6 is 0 Å². The van der Waals surface area contributed by atoms with Crippen molar-refractivity contribution in [2.75, 3.05) is 18.0 Å². The Labute approximate surface area is 109 Å². The molecule has 1 N–H and O–H groups in total. The van der Waals surface area contributed by atoms with Crippen molar-refractivity contribution in [2.24, 2.45) is 5.92 Å². The van der Waals surface area contributed by atoms with Gasteiger partial charge in [0.1, 0.15) is 0 Å². The van der Waals surface area contributed by atoms with Gasteiger partial charge < -0.3 is 10.0 Å². The smallest absolute Gasteiger partial charge is 0.337 e. The Kier molecular flexibility index (Phi) is 5.20. The van der Waals surface area contributed by atoms with Gasteiger partial charge in [-0.05, 0) is 37.5 Å². The molecular formula is C15H23NO2. The largest absolute Gasteiger partial charge is 0.478 e. The van der Waals surface area contributed by atoms with Gasteiger partial charge in [0.15, 0.2) is 0 Å². The molecule has 1 unspecified atom stereocenters. The average molecular weight is 249 g/mol. The minimum atomic E-state index is -0.854. The van der Waals surface area contributed by atoms with Crippen LogP contribution in [0.25, 0.3) is 0 Å². The Bertz CT molecular complexity index is 415. The summed E-state index contributed by atoms with van der Waals surface area (Å²) in [5, 5.41) is 9.27. The van der Waals surface area contributed by atoms with Crippen LogP contribution in [0, 0.1) is 12.8 Å². The van der Waals surface area contributed by atoms with Gasteiger partial charge >= 0.3 is 5.97 Å². The number of hydrogen-bond acceptors (Lipinski definition) is 2. The first-order valence-corrected chi connectivity index (χ1v) is 6.58. The van der Waals surface area contributed by atoms with Crippen LogP contribution in [0.4, 0.5) is 5.69 Å². The lowest BCUT2D eigenvalue weighted by atomic mass is 10.1. The third-order valence-corrected chi connectivity index (χ3v) is 3.34. The minimum Gasteiger partial charge on any atom is -0.478 e. The Morgan fingerprint density at radius 1 is 1.39 bits per heavy atom. The zero-order chi connectivity index (χ0) is 13.7. The van der Waals surface area contributed by atoms with E-state index < -0.39 is 5.97 Å².